The van der Waals surface area contributed by atoms with Crippen molar-refractivity contribution in [2.75, 3.05) is 19.8 Å². The molecule has 2 rings (SSSR count). The second-order valence-corrected chi connectivity index (χ2v) is 6.08. The van der Waals surface area contributed by atoms with Crippen molar-refractivity contribution < 1.29 is 27.4 Å². The first-order valence-electron chi connectivity index (χ1n) is 7.67. The average Bonchev–Trinajstić information content (AvgIpc) is 2.85. The summed E-state index contributed by atoms with van der Waals surface area (Å²) in [5, 5.41) is 5.27. The molecule has 2 N–H and O–H groups in total. The number of urea groups is 1. The fourth-order valence-electron chi connectivity index (χ4n) is 2.96. The van der Waals surface area contributed by atoms with Crippen LogP contribution in [0.2, 0.25) is 0 Å². The minimum atomic E-state index is -4.18. The van der Waals surface area contributed by atoms with E-state index in [1.165, 1.54) is 0 Å². The standard InChI is InChI=1S/C14H23F3N2O3/c1-13(21-7-8-22-13)5-6-18-12(20)19-11-4-2-3-10(9-11)14(15,16)17/h10-11H,2-9H2,1H3,(H2,18,19,20)/t10-,11+/m1/s1. The van der Waals surface area contributed by atoms with Crippen molar-refractivity contribution >= 4 is 6.03 Å². The lowest BCUT2D eigenvalue weighted by atomic mass is 9.85. The van der Waals surface area contributed by atoms with Crippen molar-refractivity contribution in [2.45, 2.75) is 57.0 Å². The molecule has 1 aliphatic carbocycles. The smallest absolute Gasteiger partial charge is 0.348 e. The van der Waals surface area contributed by atoms with E-state index in [0.717, 1.165) is 0 Å². The molecule has 0 radical (unpaired) electrons. The van der Waals surface area contributed by atoms with Crippen molar-refractivity contribution in [3.05, 3.63) is 0 Å². The predicted octanol–water partition coefficient (Wildman–Crippen LogP) is 2.56. The van der Waals surface area contributed by atoms with Crippen LogP contribution in [-0.2, 0) is 9.47 Å². The Balaban J connectivity index is 1.68. The molecule has 8 heteroatoms. The maximum absolute atomic E-state index is 12.7. The summed E-state index contributed by atoms with van der Waals surface area (Å²) >= 11 is 0. The van der Waals surface area contributed by atoms with E-state index in [1.807, 2.05) is 0 Å². The molecule has 1 aliphatic heterocycles. The van der Waals surface area contributed by atoms with E-state index < -0.39 is 30.0 Å². The first-order valence-corrected chi connectivity index (χ1v) is 7.67. The number of amides is 2. The molecule has 0 aromatic rings. The lowest BCUT2D eigenvalue weighted by Crippen LogP contribution is -2.46. The highest BCUT2D eigenvalue weighted by Crippen LogP contribution is 2.37. The fraction of sp³-hybridized carbons (Fsp3) is 0.929. The van der Waals surface area contributed by atoms with E-state index in [0.29, 0.717) is 39.0 Å². The second-order valence-electron chi connectivity index (χ2n) is 6.08. The van der Waals surface area contributed by atoms with Crippen molar-refractivity contribution in [1.82, 2.24) is 10.6 Å². The number of carbonyl (C=O) groups excluding carboxylic acids is 1. The zero-order chi connectivity index (χ0) is 16.2. The van der Waals surface area contributed by atoms with Gasteiger partial charge in [0.25, 0.3) is 0 Å². The van der Waals surface area contributed by atoms with Gasteiger partial charge in [0, 0.05) is 19.0 Å². The van der Waals surface area contributed by atoms with Crippen molar-refractivity contribution in [1.29, 1.82) is 0 Å². The average molecular weight is 324 g/mol. The van der Waals surface area contributed by atoms with Crippen LogP contribution in [-0.4, -0.2) is 43.8 Å². The Morgan fingerprint density at radius 1 is 1.27 bits per heavy atom. The van der Waals surface area contributed by atoms with E-state index in [4.69, 9.17) is 9.47 Å². The normalized spacial score (nSPS) is 28.4. The van der Waals surface area contributed by atoms with Crippen LogP contribution in [0.3, 0.4) is 0 Å². The van der Waals surface area contributed by atoms with Gasteiger partial charge in [-0.3, -0.25) is 0 Å². The molecule has 2 fully saturated rings. The molecule has 0 spiro atoms. The summed E-state index contributed by atoms with van der Waals surface area (Å²) in [7, 11) is 0. The number of nitrogens with one attached hydrogen (secondary N) is 2. The van der Waals surface area contributed by atoms with Crippen molar-refractivity contribution in [2.24, 2.45) is 5.92 Å². The molecule has 0 unspecified atom stereocenters. The monoisotopic (exact) mass is 324 g/mol. The SMILES string of the molecule is CC1(CCNC(=O)N[C@H]2CCC[C@@H](C(F)(F)F)C2)OCCO1. The van der Waals surface area contributed by atoms with Gasteiger partial charge in [-0.05, 0) is 26.2 Å². The summed E-state index contributed by atoms with van der Waals surface area (Å²) in [6.45, 7) is 3.21. The van der Waals surface area contributed by atoms with Crippen LogP contribution in [0.5, 0.6) is 0 Å². The Bertz CT molecular complexity index is 384. The van der Waals surface area contributed by atoms with Crippen LogP contribution in [0.25, 0.3) is 0 Å². The number of alkyl halides is 3. The zero-order valence-electron chi connectivity index (χ0n) is 12.7. The van der Waals surface area contributed by atoms with Crippen molar-refractivity contribution in [3.8, 4) is 0 Å². The minimum Gasteiger partial charge on any atom is -0.348 e. The van der Waals surface area contributed by atoms with Gasteiger partial charge < -0.3 is 20.1 Å². The zero-order valence-corrected chi connectivity index (χ0v) is 12.7. The maximum Gasteiger partial charge on any atom is 0.391 e. The van der Waals surface area contributed by atoms with Crippen LogP contribution < -0.4 is 10.6 Å². The van der Waals surface area contributed by atoms with Gasteiger partial charge in [-0.25, -0.2) is 4.79 Å². The summed E-state index contributed by atoms with van der Waals surface area (Å²) in [6, 6.07) is -0.857. The Hall–Kier alpha value is -1.02. The summed E-state index contributed by atoms with van der Waals surface area (Å²) in [5.41, 5.74) is 0. The van der Waals surface area contributed by atoms with Crippen LogP contribution in [0.15, 0.2) is 0 Å². The molecule has 128 valence electrons. The van der Waals surface area contributed by atoms with Gasteiger partial charge in [-0.15, -0.1) is 0 Å². The highest BCUT2D eigenvalue weighted by molar-refractivity contribution is 5.74. The van der Waals surface area contributed by atoms with Crippen LogP contribution in [0.1, 0.15) is 39.0 Å². The van der Waals surface area contributed by atoms with Gasteiger partial charge in [0.05, 0.1) is 19.1 Å². The third-order valence-electron chi connectivity index (χ3n) is 4.24. The molecule has 22 heavy (non-hydrogen) atoms. The Morgan fingerprint density at radius 2 is 1.95 bits per heavy atom. The first kappa shape index (κ1) is 17.3. The van der Waals surface area contributed by atoms with E-state index in [-0.39, 0.29) is 12.8 Å². The van der Waals surface area contributed by atoms with Gasteiger partial charge >= 0.3 is 12.2 Å². The molecular formula is C14H23F3N2O3. The van der Waals surface area contributed by atoms with Crippen LogP contribution >= 0.6 is 0 Å². The van der Waals surface area contributed by atoms with E-state index >= 15 is 0 Å². The lowest BCUT2D eigenvalue weighted by Gasteiger charge is -2.31. The summed E-state index contributed by atoms with van der Waals surface area (Å²) in [6.07, 6.45) is -2.51. The molecule has 0 aromatic carbocycles. The highest BCUT2D eigenvalue weighted by Gasteiger charge is 2.42. The third kappa shape index (κ3) is 5.01. The lowest BCUT2D eigenvalue weighted by molar-refractivity contribution is -0.183. The number of hydrogen-bond donors (Lipinski definition) is 2. The molecule has 0 aromatic heterocycles. The number of halogens is 3. The largest absolute Gasteiger partial charge is 0.391 e. The molecule has 1 heterocycles. The van der Waals surface area contributed by atoms with E-state index in [9.17, 15) is 18.0 Å². The third-order valence-corrected chi connectivity index (χ3v) is 4.24. The van der Waals surface area contributed by atoms with Gasteiger partial charge in [-0.2, -0.15) is 13.2 Å². The molecule has 1 saturated carbocycles. The molecule has 2 atom stereocenters. The molecular weight excluding hydrogens is 301 g/mol. The summed E-state index contributed by atoms with van der Waals surface area (Å²) in [5.74, 6) is -2.00. The molecule has 5 nitrogen and oxygen atoms in total. The second kappa shape index (κ2) is 7.04. The van der Waals surface area contributed by atoms with Crippen LogP contribution in [0.4, 0.5) is 18.0 Å². The van der Waals surface area contributed by atoms with Crippen molar-refractivity contribution in [3.63, 3.8) is 0 Å². The first-order chi connectivity index (χ1) is 10.3. The summed E-state index contributed by atoms with van der Waals surface area (Å²) < 4.78 is 49.0. The Kier molecular flexibility index (Phi) is 5.55. The van der Waals surface area contributed by atoms with E-state index in [1.54, 1.807) is 6.92 Å². The predicted molar refractivity (Wildman–Crippen MR) is 73.3 cm³/mol. The maximum atomic E-state index is 12.7. The topological polar surface area (TPSA) is 59.6 Å². The van der Waals surface area contributed by atoms with E-state index in [2.05, 4.69) is 10.6 Å². The fourth-order valence-corrected chi connectivity index (χ4v) is 2.96. The molecule has 2 aliphatic rings. The molecule has 1 saturated heterocycles. The van der Waals surface area contributed by atoms with Gasteiger partial charge in [-0.1, -0.05) is 6.42 Å². The Labute approximate surface area is 127 Å². The number of ether oxygens (including phenoxy) is 2. The number of hydrogen-bond acceptors (Lipinski definition) is 3. The van der Waals surface area contributed by atoms with Gasteiger partial charge in [0.15, 0.2) is 5.79 Å². The minimum absolute atomic E-state index is 0.0408. The quantitative estimate of drug-likeness (QED) is 0.835. The Morgan fingerprint density at radius 3 is 2.59 bits per heavy atom. The van der Waals surface area contributed by atoms with Gasteiger partial charge in [0.2, 0.25) is 0 Å². The van der Waals surface area contributed by atoms with Gasteiger partial charge in [0.1, 0.15) is 0 Å². The number of carbonyl (C=O) groups is 1. The summed E-state index contributed by atoms with van der Waals surface area (Å²) in [4.78, 5) is 11.8. The molecule has 2 amide bonds. The number of rotatable bonds is 4. The highest BCUT2D eigenvalue weighted by atomic mass is 19.4. The molecule has 0 bridgehead atoms. The van der Waals surface area contributed by atoms with Crippen LogP contribution in [0, 0.1) is 5.92 Å².